The van der Waals surface area contributed by atoms with Crippen molar-refractivity contribution in [2.75, 3.05) is 6.54 Å². The summed E-state index contributed by atoms with van der Waals surface area (Å²) in [5, 5.41) is 20.1. The highest BCUT2D eigenvalue weighted by Crippen LogP contribution is 2.23. The van der Waals surface area contributed by atoms with Crippen molar-refractivity contribution >= 4 is 0 Å². The van der Waals surface area contributed by atoms with Gasteiger partial charge in [-0.25, -0.2) is 0 Å². The van der Waals surface area contributed by atoms with Crippen molar-refractivity contribution in [1.29, 1.82) is 0 Å². The number of aliphatic hydroxyl groups is 1. The standard InChI is InChI=1S/C13H25N3O/c1-9(2)11(17)8-14-6-10-7-15-16-12(10)13(3,4)5/h7,9,11,14,17H,6,8H2,1-5H3,(H,15,16). The Labute approximate surface area is 104 Å². The Bertz CT molecular complexity index is 339. The minimum absolute atomic E-state index is 0.0736. The molecular formula is C13H25N3O. The molecule has 98 valence electrons. The molecule has 1 atom stereocenters. The first kappa shape index (κ1) is 14.2. The molecule has 1 aromatic rings. The summed E-state index contributed by atoms with van der Waals surface area (Å²) in [4.78, 5) is 0. The second-order valence-corrected chi connectivity index (χ2v) is 5.96. The molecule has 4 heteroatoms. The number of nitrogens with one attached hydrogen (secondary N) is 2. The lowest BCUT2D eigenvalue weighted by Crippen LogP contribution is -2.30. The zero-order valence-corrected chi connectivity index (χ0v) is 11.5. The molecule has 0 saturated heterocycles. The molecule has 0 aliphatic heterocycles. The topological polar surface area (TPSA) is 60.9 Å². The quantitative estimate of drug-likeness (QED) is 0.734. The van der Waals surface area contributed by atoms with Crippen molar-refractivity contribution < 1.29 is 5.11 Å². The van der Waals surface area contributed by atoms with Gasteiger partial charge in [-0.1, -0.05) is 34.6 Å². The van der Waals surface area contributed by atoms with E-state index in [1.54, 1.807) is 0 Å². The molecule has 0 radical (unpaired) electrons. The van der Waals surface area contributed by atoms with Gasteiger partial charge in [0.2, 0.25) is 0 Å². The minimum Gasteiger partial charge on any atom is -0.392 e. The third kappa shape index (κ3) is 4.13. The monoisotopic (exact) mass is 239 g/mol. The molecule has 0 aromatic carbocycles. The molecule has 0 spiro atoms. The Balaban J connectivity index is 2.51. The molecular weight excluding hydrogens is 214 g/mol. The molecule has 1 aromatic heterocycles. The Morgan fingerprint density at radius 2 is 2.06 bits per heavy atom. The van der Waals surface area contributed by atoms with Gasteiger partial charge in [-0.05, 0) is 5.92 Å². The van der Waals surface area contributed by atoms with Gasteiger partial charge in [0.25, 0.3) is 0 Å². The average molecular weight is 239 g/mol. The van der Waals surface area contributed by atoms with Crippen LogP contribution in [0, 0.1) is 5.92 Å². The van der Waals surface area contributed by atoms with Crippen LogP contribution in [0.15, 0.2) is 6.20 Å². The highest BCUT2D eigenvalue weighted by Gasteiger charge is 2.19. The van der Waals surface area contributed by atoms with Crippen LogP contribution in [0.25, 0.3) is 0 Å². The maximum absolute atomic E-state index is 9.70. The second kappa shape index (κ2) is 5.65. The van der Waals surface area contributed by atoms with Crippen LogP contribution in [-0.2, 0) is 12.0 Å². The number of hydrogen-bond acceptors (Lipinski definition) is 3. The number of hydrogen-bond donors (Lipinski definition) is 3. The zero-order valence-electron chi connectivity index (χ0n) is 11.5. The number of H-pyrrole nitrogens is 1. The number of aromatic nitrogens is 2. The molecule has 17 heavy (non-hydrogen) atoms. The lowest BCUT2D eigenvalue weighted by atomic mass is 9.89. The van der Waals surface area contributed by atoms with E-state index in [0.717, 1.165) is 12.2 Å². The first-order valence-electron chi connectivity index (χ1n) is 6.24. The van der Waals surface area contributed by atoms with Crippen LogP contribution < -0.4 is 5.32 Å². The summed E-state index contributed by atoms with van der Waals surface area (Å²) in [6.07, 6.45) is 1.56. The minimum atomic E-state index is -0.292. The van der Waals surface area contributed by atoms with Crippen LogP contribution in [-0.4, -0.2) is 28.0 Å². The fourth-order valence-corrected chi connectivity index (χ4v) is 1.68. The smallest absolute Gasteiger partial charge is 0.0687 e. The van der Waals surface area contributed by atoms with Crippen molar-refractivity contribution in [3.8, 4) is 0 Å². The fraction of sp³-hybridized carbons (Fsp3) is 0.769. The van der Waals surface area contributed by atoms with Crippen LogP contribution >= 0.6 is 0 Å². The van der Waals surface area contributed by atoms with Crippen LogP contribution in [0.3, 0.4) is 0 Å². The van der Waals surface area contributed by atoms with Crippen molar-refractivity contribution in [2.45, 2.75) is 52.7 Å². The van der Waals surface area contributed by atoms with Crippen LogP contribution in [0.4, 0.5) is 0 Å². The molecule has 3 N–H and O–H groups in total. The van der Waals surface area contributed by atoms with E-state index >= 15 is 0 Å². The molecule has 4 nitrogen and oxygen atoms in total. The van der Waals surface area contributed by atoms with Crippen molar-refractivity contribution in [1.82, 2.24) is 15.5 Å². The lowest BCUT2D eigenvalue weighted by Gasteiger charge is -2.19. The molecule has 0 saturated carbocycles. The van der Waals surface area contributed by atoms with Crippen molar-refractivity contribution in [3.05, 3.63) is 17.5 Å². The van der Waals surface area contributed by atoms with E-state index in [1.807, 2.05) is 20.0 Å². The number of aromatic amines is 1. The van der Waals surface area contributed by atoms with E-state index in [0.29, 0.717) is 6.54 Å². The fourth-order valence-electron chi connectivity index (χ4n) is 1.68. The summed E-state index contributed by atoms with van der Waals surface area (Å²) in [7, 11) is 0. The summed E-state index contributed by atoms with van der Waals surface area (Å²) >= 11 is 0. The van der Waals surface area contributed by atoms with Crippen LogP contribution in [0.2, 0.25) is 0 Å². The van der Waals surface area contributed by atoms with E-state index in [4.69, 9.17) is 0 Å². The molecule has 1 rings (SSSR count). The van der Waals surface area contributed by atoms with E-state index in [2.05, 4.69) is 36.3 Å². The summed E-state index contributed by atoms with van der Waals surface area (Å²) < 4.78 is 0. The Kier molecular flexibility index (Phi) is 4.71. The molecule has 0 fully saturated rings. The highest BCUT2D eigenvalue weighted by molar-refractivity contribution is 5.23. The van der Waals surface area contributed by atoms with Gasteiger partial charge in [0, 0.05) is 29.8 Å². The highest BCUT2D eigenvalue weighted by atomic mass is 16.3. The predicted molar refractivity (Wildman–Crippen MR) is 69.8 cm³/mol. The van der Waals surface area contributed by atoms with Gasteiger partial charge in [-0.15, -0.1) is 0 Å². The maximum atomic E-state index is 9.70. The van der Waals surface area contributed by atoms with E-state index < -0.39 is 0 Å². The summed E-state index contributed by atoms with van der Waals surface area (Å²) in [5.41, 5.74) is 2.40. The largest absolute Gasteiger partial charge is 0.392 e. The third-order valence-electron chi connectivity index (χ3n) is 2.91. The Hall–Kier alpha value is -0.870. The molecule has 1 heterocycles. The second-order valence-electron chi connectivity index (χ2n) is 5.96. The van der Waals surface area contributed by atoms with Gasteiger partial charge in [0.05, 0.1) is 12.3 Å². The molecule has 0 amide bonds. The van der Waals surface area contributed by atoms with Gasteiger partial charge < -0.3 is 10.4 Å². The molecule has 0 bridgehead atoms. The van der Waals surface area contributed by atoms with E-state index in [1.165, 1.54) is 5.56 Å². The van der Waals surface area contributed by atoms with Gasteiger partial charge in [-0.2, -0.15) is 5.10 Å². The average Bonchev–Trinajstić information content (AvgIpc) is 2.65. The molecule has 0 aliphatic carbocycles. The van der Waals surface area contributed by atoms with E-state index in [-0.39, 0.29) is 17.4 Å². The third-order valence-corrected chi connectivity index (χ3v) is 2.91. The van der Waals surface area contributed by atoms with Crippen molar-refractivity contribution in [2.24, 2.45) is 5.92 Å². The van der Waals surface area contributed by atoms with Crippen LogP contribution in [0.1, 0.15) is 45.9 Å². The summed E-state index contributed by atoms with van der Waals surface area (Å²) in [6.45, 7) is 11.9. The summed E-state index contributed by atoms with van der Waals surface area (Å²) in [5.74, 6) is 0.286. The Morgan fingerprint density at radius 1 is 1.41 bits per heavy atom. The number of aliphatic hydroxyl groups excluding tert-OH is 1. The first-order chi connectivity index (χ1) is 7.82. The van der Waals surface area contributed by atoms with Crippen molar-refractivity contribution in [3.63, 3.8) is 0 Å². The van der Waals surface area contributed by atoms with Gasteiger partial charge >= 0.3 is 0 Å². The predicted octanol–water partition coefficient (Wildman–Crippen LogP) is 1.81. The lowest BCUT2D eigenvalue weighted by molar-refractivity contribution is 0.123. The van der Waals surface area contributed by atoms with Crippen LogP contribution in [0.5, 0.6) is 0 Å². The number of nitrogens with zero attached hydrogens (tertiary/aromatic N) is 1. The molecule has 1 unspecified atom stereocenters. The normalized spacial score (nSPS) is 14.3. The number of rotatable bonds is 5. The SMILES string of the molecule is CC(C)C(O)CNCc1cn[nH]c1C(C)(C)C. The maximum Gasteiger partial charge on any atom is 0.0687 e. The molecule has 0 aliphatic rings. The first-order valence-corrected chi connectivity index (χ1v) is 6.24. The zero-order chi connectivity index (χ0) is 13.1. The van der Waals surface area contributed by atoms with E-state index in [9.17, 15) is 5.11 Å². The van der Waals surface area contributed by atoms with Gasteiger partial charge in [-0.3, -0.25) is 5.10 Å². The Morgan fingerprint density at radius 3 is 2.59 bits per heavy atom. The summed E-state index contributed by atoms with van der Waals surface area (Å²) in [6, 6.07) is 0. The van der Waals surface area contributed by atoms with Gasteiger partial charge in [0.15, 0.2) is 0 Å². The van der Waals surface area contributed by atoms with Gasteiger partial charge in [0.1, 0.15) is 0 Å².